The molecule has 0 nitrogen and oxygen atoms in total. The lowest BCUT2D eigenvalue weighted by Crippen LogP contribution is -2.37. The van der Waals surface area contributed by atoms with E-state index in [1.165, 1.54) is 320 Å². The third kappa shape index (κ3) is 18.4. The average molecular weight is 1960 g/mol. The van der Waals surface area contributed by atoms with Gasteiger partial charge in [-0.2, -0.15) is 0 Å². The molecule has 1 atom stereocenters. The highest BCUT2D eigenvalue weighted by molar-refractivity contribution is 5.91. The monoisotopic (exact) mass is 1960 g/mol. The van der Waals surface area contributed by atoms with Crippen LogP contribution in [0.1, 0.15) is 306 Å². The molecule has 25 rings (SSSR count). The predicted molar refractivity (Wildman–Crippen MR) is 642 cm³/mol. The third-order valence-electron chi connectivity index (χ3n) is 35.7. The van der Waals surface area contributed by atoms with Crippen molar-refractivity contribution in [2.75, 3.05) is 0 Å². The molecule has 0 amide bonds. The van der Waals surface area contributed by atoms with Gasteiger partial charge in [0.05, 0.1) is 0 Å². The Balaban J connectivity index is 0.000000109. The van der Waals surface area contributed by atoms with Gasteiger partial charge in [-0.3, -0.25) is 0 Å². The number of hydrogen-bond acceptors (Lipinski definition) is 0. The van der Waals surface area contributed by atoms with Crippen LogP contribution in [0.15, 0.2) is 364 Å². The van der Waals surface area contributed by atoms with Crippen LogP contribution in [-0.4, -0.2) is 0 Å². The Morgan fingerprint density at radius 1 is 0.200 bits per heavy atom. The summed E-state index contributed by atoms with van der Waals surface area (Å²) in [6.07, 6.45) is 13.1. The van der Waals surface area contributed by atoms with Gasteiger partial charge in [-0.05, 0) is 350 Å². The maximum atomic E-state index is 2.49. The Hall–Kier alpha value is -14.0. The number of aryl methyl sites for hydroxylation is 18. The van der Waals surface area contributed by atoms with E-state index in [2.05, 4.69) is 530 Å². The summed E-state index contributed by atoms with van der Waals surface area (Å²) in [4.78, 5) is 0. The van der Waals surface area contributed by atoms with E-state index >= 15 is 0 Å². The largest absolute Gasteiger partial charge is 0.0654 e. The van der Waals surface area contributed by atoms with E-state index in [-0.39, 0.29) is 32.5 Å². The molecule has 0 aliphatic heterocycles. The topological polar surface area (TPSA) is 0 Å². The zero-order chi connectivity index (χ0) is 105. The Morgan fingerprint density at radius 3 is 0.660 bits per heavy atom. The first-order valence-electron chi connectivity index (χ1n) is 55.9. The lowest BCUT2D eigenvalue weighted by atomic mass is 9.60. The molecule has 18 aromatic carbocycles. The molecular formula is C150H154. The second-order valence-corrected chi connectivity index (χ2v) is 47.0. The van der Waals surface area contributed by atoms with Gasteiger partial charge in [0.15, 0.2) is 0 Å². The van der Waals surface area contributed by atoms with Crippen LogP contribution < -0.4 is 0 Å². The number of fused-ring (bicyclic) bond motifs is 18. The van der Waals surface area contributed by atoms with Crippen molar-refractivity contribution < 1.29 is 0 Å². The zero-order valence-electron chi connectivity index (χ0n) is 93.9. The SMILES string of the molecule is CCCCC(CC)CC1(c2cccc(C)c2)c2cc(C)ccc2-c2ccc(C)cc21.Cc1ccc(C2(C)c3cc(C)ccc3-c3ccc(C)cc32)cc1.Cc1ccc(C2(C)c3cc(C)ccc3-c3ccc(C)cc32)cc1.Cc1ccc(C2(C3CCCCC3)c3cc(C)ccc3-c3ccc(C)cc32)cc1.Cc1cccc(C2(C)c3cc(C)ccc3-c3ccc(C)cc32)c1.Cc1cccc(C2(C)c3cc(C)ccc3-c3ccc(C)cc32)c1. The van der Waals surface area contributed by atoms with Gasteiger partial charge in [-0.1, -0.05) is 523 Å². The van der Waals surface area contributed by atoms with E-state index in [9.17, 15) is 0 Å². The van der Waals surface area contributed by atoms with Crippen molar-refractivity contribution in [3.63, 3.8) is 0 Å². The van der Waals surface area contributed by atoms with Crippen molar-refractivity contribution >= 4 is 0 Å². The van der Waals surface area contributed by atoms with E-state index in [0.29, 0.717) is 5.92 Å². The molecular weight excluding hydrogens is 1800 g/mol. The van der Waals surface area contributed by atoms with Crippen molar-refractivity contribution in [2.45, 2.75) is 263 Å². The molecule has 0 aromatic heterocycles. The van der Waals surface area contributed by atoms with Gasteiger partial charge in [0, 0.05) is 32.5 Å². The summed E-state index contributed by atoms with van der Waals surface area (Å²) in [6.45, 7) is 53.7. The molecule has 0 radical (unpaired) electrons. The summed E-state index contributed by atoms with van der Waals surface area (Å²) < 4.78 is 0. The van der Waals surface area contributed by atoms with Crippen molar-refractivity contribution in [2.24, 2.45) is 11.8 Å². The summed E-state index contributed by atoms with van der Waals surface area (Å²) in [7, 11) is 0. The summed E-state index contributed by atoms with van der Waals surface area (Å²) >= 11 is 0. The molecule has 0 saturated heterocycles. The molecule has 1 fully saturated rings. The molecule has 1 saturated carbocycles. The fourth-order valence-electron chi connectivity index (χ4n) is 27.5. The molecule has 7 aliphatic carbocycles. The predicted octanol–water partition coefficient (Wildman–Crippen LogP) is 39.8. The van der Waals surface area contributed by atoms with E-state index < -0.39 is 0 Å². The number of benzene rings is 18. The van der Waals surface area contributed by atoms with Crippen LogP contribution in [0.25, 0.3) is 66.8 Å². The third-order valence-corrected chi connectivity index (χ3v) is 35.7. The number of unbranched alkanes of at least 4 members (excludes halogenated alkanes) is 1. The fourth-order valence-corrected chi connectivity index (χ4v) is 27.5. The van der Waals surface area contributed by atoms with E-state index in [4.69, 9.17) is 0 Å². The van der Waals surface area contributed by atoms with Gasteiger partial charge in [-0.15, -0.1) is 0 Å². The van der Waals surface area contributed by atoms with Crippen molar-refractivity contribution in [1.29, 1.82) is 0 Å². The molecule has 0 N–H and O–H groups in total. The smallest absolute Gasteiger partial charge is 0.0491 e. The first kappa shape index (κ1) is 103. The molecule has 150 heavy (non-hydrogen) atoms. The molecule has 0 spiro atoms. The van der Waals surface area contributed by atoms with Crippen LogP contribution >= 0.6 is 0 Å². The van der Waals surface area contributed by atoms with Gasteiger partial charge in [0.25, 0.3) is 0 Å². The first-order chi connectivity index (χ1) is 72.1. The lowest BCUT2D eigenvalue weighted by Gasteiger charge is -2.43. The lowest BCUT2D eigenvalue weighted by molar-refractivity contribution is 0.275. The van der Waals surface area contributed by atoms with Gasteiger partial charge < -0.3 is 0 Å². The summed E-state index contributed by atoms with van der Waals surface area (Å²) in [5, 5.41) is 0. The standard InChI is InChI=1S/C30H36.C28H30.4C23H22/c1-6-8-11-24(7-2)20-30(25-12-9-10-21(3)17-25)28-18-22(4)13-15-26(28)27-16-14-23(5)19-29(27)30;1-19-9-13-23(14-10-19)28(22-7-5-4-6-8-22)26-17-20(2)11-15-24(26)25-16-12-21(3)18-27(25)28;2*1-15-5-9-18(10-6-15)23(4)21-13-16(2)7-11-19(21)20-12-8-17(3)14-22(20)23;2*1-15-6-5-7-18(12-15)23(4)21-13-16(2)8-10-19(21)20-11-9-17(3)14-22(20)23/h9-10,12-19,24H,6-8,11,20H2,1-5H3;9-18,22H,4-8H2,1-3H3;4*5-14H,1-4H3. The minimum absolute atomic E-state index is 0.00315. The van der Waals surface area contributed by atoms with Gasteiger partial charge in [0.2, 0.25) is 0 Å². The van der Waals surface area contributed by atoms with Gasteiger partial charge in [0.1, 0.15) is 0 Å². The maximum absolute atomic E-state index is 2.49. The Morgan fingerprint density at radius 2 is 0.407 bits per heavy atom. The van der Waals surface area contributed by atoms with Gasteiger partial charge >= 0.3 is 0 Å². The van der Waals surface area contributed by atoms with E-state index in [0.717, 1.165) is 5.92 Å². The number of hydrogen-bond donors (Lipinski definition) is 0. The van der Waals surface area contributed by atoms with Crippen LogP contribution in [0.3, 0.4) is 0 Å². The molecule has 0 heterocycles. The zero-order valence-corrected chi connectivity index (χ0v) is 93.9. The van der Waals surface area contributed by atoms with Crippen LogP contribution in [-0.2, 0) is 32.5 Å². The second kappa shape index (κ2) is 41.4. The minimum Gasteiger partial charge on any atom is -0.0654 e. The molecule has 754 valence electrons. The maximum Gasteiger partial charge on any atom is 0.0491 e. The quantitative estimate of drug-likeness (QED) is 0.108. The van der Waals surface area contributed by atoms with Crippen LogP contribution in [0.2, 0.25) is 0 Å². The van der Waals surface area contributed by atoms with Crippen molar-refractivity contribution in [3.05, 3.63) is 564 Å². The highest BCUT2D eigenvalue weighted by Crippen LogP contribution is 2.63. The fraction of sp³-hybridized carbons (Fsp3) is 0.280. The summed E-state index contributed by atoms with van der Waals surface area (Å²) in [5.41, 5.74) is 66.6. The molecule has 7 aliphatic rings. The normalized spacial score (nSPS) is 15.2. The van der Waals surface area contributed by atoms with Crippen molar-refractivity contribution in [1.82, 2.24) is 0 Å². The van der Waals surface area contributed by atoms with E-state index in [1.807, 2.05) is 0 Å². The summed E-state index contributed by atoms with van der Waals surface area (Å²) in [6, 6.07) is 138. The first-order valence-corrected chi connectivity index (χ1v) is 55.9. The van der Waals surface area contributed by atoms with Crippen LogP contribution in [0, 0.1) is 136 Å². The molecule has 18 aromatic rings. The summed E-state index contributed by atoms with van der Waals surface area (Å²) in [5.74, 6) is 1.40. The molecule has 0 heteroatoms. The van der Waals surface area contributed by atoms with Crippen LogP contribution in [0.4, 0.5) is 0 Å². The highest BCUT2D eigenvalue weighted by atomic mass is 14.5. The highest BCUT2D eigenvalue weighted by Gasteiger charge is 2.52. The van der Waals surface area contributed by atoms with Crippen molar-refractivity contribution in [3.8, 4) is 66.8 Å². The second-order valence-electron chi connectivity index (χ2n) is 47.0. The van der Waals surface area contributed by atoms with E-state index in [1.54, 1.807) is 11.1 Å². The molecule has 1 unspecified atom stereocenters. The Labute approximate surface area is 899 Å². The molecule has 0 bridgehead atoms. The number of rotatable bonds is 13. The Kier molecular flexibility index (Phi) is 28.4. The Bertz CT molecular complexity index is 7540. The van der Waals surface area contributed by atoms with Gasteiger partial charge in [-0.25, -0.2) is 0 Å². The van der Waals surface area contributed by atoms with Crippen LogP contribution in [0.5, 0.6) is 0 Å². The minimum atomic E-state index is -0.0747. The average Bonchev–Trinajstić information content (AvgIpc) is 1.53.